The third-order valence-electron chi connectivity index (χ3n) is 8.58. The highest BCUT2D eigenvalue weighted by Gasteiger charge is 2.23. The maximum atomic E-state index is 9.94. The highest BCUT2D eigenvalue weighted by molar-refractivity contribution is 6.26. The topological polar surface area (TPSA) is 48.5 Å². The Kier molecular flexibility index (Phi) is 3.10. The quantitative estimate of drug-likeness (QED) is 0.170. The Balaban J connectivity index is 1.42. The van der Waals surface area contributed by atoms with E-state index >= 15 is 0 Å². The van der Waals surface area contributed by atoms with Crippen molar-refractivity contribution in [3.05, 3.63) is 199 Å². The number of para-hydroxylation sites is 3. The first-order valence-corrected chi connectivity index (χ1v) is 16.3. The van der Waals surface area contributed by atoms with Crippen molar-refractivity contribution < 1.29 is 43.9 Å². The lowest BCUT2D eigenvalue weighted by atomic mass is 10.0. The van der Waals surface area contributed by atoms with E-state index in [2.05, 4.69) is 15.0 Å². The zero-order chi connectivity index (χ0) is 64.9. The summed E-state index contributed by atoms with van der Waals surface area (Å²) in [4.78, 5) is 13.3. The fourth-order valence-electron chi connectivity index (χ4n) is 6.30. The molecule has 0 radical (unpaired) electrons. The first-order valence-electron chi connectivity index (χ1n) is 32.3. The van der Waals surface area contributed by atoms with Crippen LogP contribution < -0.4 is 0 Å². The molecule has 3 heterocycles. The van der Waals surface area contributed by atoms with Gasteiger partial charge in [-0.15, -0.1) is 0 Å². The predicted octanol–water partition coefficient (Wildman–Crippen LogP) is 12.7. The van der Waals surface area contributed by atoms with Crippen LogP contribution in [0.2, 0.25) is 0 Å². The lowest BCUT2D eigenvalue weighted by Gasteiger charge is -2.15. The zero-order valence-electron chi connectivity index (χ0n) is 59.8. The van der Waals surface area contributed by atoms with E-state index in [1.54, 1.807) is 0 Å². The minimum absolute atomic E-state index is 0.600. The Labute approximate surface area is 368 Å². The number of nitrogens with zero attached hydrogens (tertiary/aromatic N) is 5. The summed E-state index contributed by atoms with van der Waals surface area (Å²) >= 11 is 0. The van der Waals surface area contributed by atoms with Crippen LogP contribution in [-0.2, 0) is 0 Å². The van der Waals surface area contributed by atoms with Crippen molar-refractivity contribution in [2.45, 2.75) is 0 Å². The van der Waals surface area contributed by atoms with Gasteiger partial charge >= 0.3 is 0 Å². The fraction of sp³-hybridized carbons (Fsp3) is 0. The molecular formula is C51H33N5. The van der Waals surface area contributed by atoms with E-state index in [-0.39, 0.29) is 0 Å². The van der Waals surface area contributed by atoms with Crippen LogP contribution in [0.3, 0.4) is 0 Å². The van der Waals surface area contributed by atoms with Gasteiger partial charge < -0.3 is 4.57 Å². The minimum atomic E-state index is -1.09. The van der Waals surface area contributed by atoms with Gasteiger partial charge in [-0.2, -0.15) is 9.97 Å². The molecule has 11 rings (SSSR count). The van der Waals surface area contributed by atoms with E-state index in [4.69, 9.17) is 27.4 Å². The number of rotatable bonds is 6. The van der Waals surface area contributed by atoms with Crippen molar-refractivity contribution >= 4 is 43.6 Å². The molecule has 0 amide bonds. The zero-order valence-corrected chi connectivity index (χ0v) is 27.8. The summed E-state index contributed by atoms with van der Waals surface area (Å²) in [5, 5.41) is -2.51. The molecule has 0 aliphatic heterocycles. The summed E-state index contributed by atoms with van der Waals surface area (Å²) in [6.45, 7) is 0. The van der Waals surface area contributed by atoms with Crippen molar-refractivity contribution in [1.29, 1.82) is 0 Å². The highest BCUT2D eigenvalue weighted by atomic mass is 15.2. The third-order valence-corrected chi connectivity index (χ3v) is 8.58. The number of aromatic nitrogens is 5. The standard InChI is InChI=1S/C51H33N5/c1-4-16-34(17-5-1)35-28-30-38(31-29-35)50-52-49(37-20-8-3-9-21-37)53-51(54-50)56-45-27-15-12-24-42(45)47-46(56)33-32-41-40-23-11-14-26-44(40)55(48(41)47)43-25-13-10-22-39(43)36-18-6-2-7-19-36/h1-33H/i1D,2D,3D,4D,5D,6D,7D,8D,9D,10D,11D,12D,14D,15D,16D,17D,18D,19D,20D,21D,22D,23D,24D,25D,26D,27D,28D,29D,30D,31D,32D,33D. The summed E-state index contributed by atoms with van der Waals surface area (Å²) in [7, 11) is 0. The van der Waals surface area contributed by atoms with Gasteiger partial charge in [-0.3, -0.25) is 4.57 Å². The maximum Gasteiger partial charge on any atom is 0.238 e. The van der Waals surface area contributed by atoms with E-state index in [0.717, 1.165) is 10.6 Å². The largest absolute Gasteiger partial charge is 0.308 e. The maximum absolute atomic E-state index is 9.94. The molecule has 0 aliphatic carbocycles. The van der Waals surface area contributed by atoms with Crippen molar-refractivity contribution in [3.8, 4) is 56.7 Å². The number of hydrogen-bond donors (Lipinski definition) is 0. The highest BCUT2D eigenvalue weighted by Crippen LogP contribution is 2.43. The van der Waals surface area contributed by atoms with E-state index < -0.39 is 294 Å². The van der Waals surface area contributed by atoms with Crippen LogP contribution in [0.4, 0.5) is 0 Å². The van der Waals surface area contributed by atoms with Gasteiger partial charge in [0.25, 0.3) is 0 Å². The second-order valence-corrected chi connectivity index (χ2v) is 11.6. The second-order valence-electron chi connectivity index (χ2n) is 11.6. The molecule has 3 aromatic heterocycles. The fourth-order valence-corrected chi connectivity index (χ4v) is 6.30. The molecule has 0 fully saturated rings. The predicted molar refractivity (Wildman–Crippen MR) is 230 cm³/mol. The smallest absolute Gasteiger partial charge is 0.238 e. The van der Waals surface area contributed by atoms with Crippen LogP contribution in [0.5, 0.6) is 0 Å². The summed E-state index contributed by atoms with van der Waals surface area (Å²) in [5.41, 5.74) is -8.50. The van der Waals surface area contributed by atoms with E-state index in [0.29, 0.717) is 4.57 Å². The normalized spacial score (nSPS) is 19.6. The Morgan fingerprint density at radius 3 is 1.59 bits per heavy atom. The van der Waals surface area contributed by atoms with Crippen LogP contribution in [0.25, 0.3) is 100 Å². The molecular weight excluding hydrogens is 683 g/mol. The van der Waals surface area contributed by atoms with Crippen LogP contribution in [0, 0.1) is 0 Å². The summed E-state index contributed by atoms with van der Waals surface area (Å²) < 4.78 is 289. The third kappa shape index (κ3) is 5.13. The van der Waals surface area contributed by atoms with Crippen LogP contribution in [0.15, 0.2) is 199 Å². The van der Waals surface area contributed by atoms with Gasteiger partial charge in [0.05, 0.1) is 71.6 Å². The van der Waals surface area contributed by atoms with Gasteiger partial charge in [-0.1, -0.05) is 175 Å². The number of fused-ring (bicyclic) bond motifs is 7. The first kappa shape index (κ1) is 13.3. The number of benzene rings is 8. The molecule has 8 aromatic carbocycles. The molecule has 0 atom stereocenters. The molecule has 0 N–H and O–H groups in total. The van der Waals surface area contributed by atoms with Crippen molar-refractivity contribution in [2.24, 2.45) is 0 Å². The minimum Gasteiger partial charge on any atom is -0.308 e. The van der Waals surface area contributed by atoms with Gasteiger partial charge in [-0.05, 0) is 40.9 Å². The van der Waals surface area contributed by atoms with E-state index in [1.165, 1.54) is 0 Å². The average Bonchev–Trinajstić information content (AvgIpc) is 1.50. The monoisotopic (exact) mass is 747 g/mol. The molecule has 0 aliphatic rings. The molecule has 0 saturated carbocycles. The summed E-state index contributed by atoms with van der Waals surface area (Å²) in [6.07, 6.45) is 0. The van der Waals surface area contributed by atoms with Gasteiger partial charge in [0.1, 0.15) is 0 Å². The molecule has 262 valence electrons. The molecule has 0 spiro atoms. The average molecular weight is 748 g/mol. The molecule has 11 aromatic rings. The molecule has 5 nitrogen and oxygen atoms in total. The summed E-state index contributed by atoms with van der Waals surface area (Å²) in [6, 6.07) is -30.0. The lowest BCUT2D eigenvalue weighted by molar-refractivity contribution is 0.953. The van der Waals surface area contributed by atoms with Crippen molar-refractivity contribution in [2.75, 3.05) is 0 Å². The van der Waals surface area contributed by atoms with Crippen molar-refractivity contribution in [1.82, 2.24) is 24.1 Å². The first-order chi connectivity index (χ1) is 41.1. The van der Waals surface area contributed by atoms with Crippen LogP contribution >= 0.6 is 0 Å². The Hall–Kier alpha value is -7.63. The van der Waals surface area contributed by atoms with Gasteiger partial charge in [-0.25, -0.2) is 4.98 Å². The molecule has 5 heteroatoms. The Morgan fingerprint density at radius 1 is 0.357 bits per heavy atom. The molecule has 56 heavy (non-hydrogen) atoms. The molecule has 0 saturated heterocycles. The van der Waals surface area contributed by atoms with Crippen molar-refractivity contribution in [3.63, 3.8) is 0 Å². The Morgan fingerprint density at radius 2 is 0.893 bits per heavy atom. The molecule has 0 bridgehead atoms. The lowest BCUT2D eigenvalue weighted by Crippen LogP contribution is -2.06. The van der Waals surface area contributed by atoms with Gasteiger partial charge in [0.15, 0.2) is 11.6 Å². The van der Waals surface area contributed by atoms with Gasteiger partial charge in [0, 0.05) is 38.2 Å². The molecule has 0 unspecified atom stereocenters. The SMILES string of the molecule is [2H]c1cc([2H])c(-n2c3c([2H])c([2H])c([2H])c([2H])c3c3c([2H])c([2H])c4c(c5c([2H])c([2H])c([2H])c([2H])c5n4-c4nc(-c5c([2H])c([2H])c([2H])c([2H])c5[2H])nc(-c5c([2H])c([2H])c(-c6c([2H])c([2H])c([2H])c([2H])c6[2H])c([2H])c5[2H])n4)c32)c(-c2c([2H])c([2H])c([2H])c([2H])c2[2H])c1[2H]. The second kappa shape index (κ2) is 13.0. The van der Waals surface area contributed by atoms with E-state index in [1.807, 2.05) is 0 Å². The number of hydrogen-bond acceptors (Lipinski definition) is 3. The summed E-state index contributed by atoms with van der Waals surface area (Å²) in [5.74, 6) is -2.93. The van der Waals surface area contributed by atoms with Gasteiger partial charge in [0.2, 0.25) is 5.95 Å². The van der Waals surface area contributed by atoms with E-state index in [9.17, 15) is 16.4 Å². The van der Waals surface area contributed by atoms with Crippen LogP contribution in [-0.4, -0.2) is 24.1 Å². The Bertz CT molecular complexity index is 5010. The van der Waals surface area contributed by atoms with Crippen LogP contribution in [0.1, 0.15) is 43.9 Å².